The highest BCUT2D eigenvalue weighted by molar-refractivity contribution is 6.02. The van der Waals surface area contributed by atoms with E-state index in [1.165, 1.54) is 10.5 Å². The van der Waals surface area contributed by atoms with Crippen LogP contribution in [0.3, 0.4) is 0 Å². The van der Waals surface area contributed by atoms with Gasteiger partial charge in [-0.2, -0.15) is 0 Å². The summed E-state index contributed by atoms with van der Waals surface area (Å²) in [6.45, 7) is 4.44. The van der Waals surface area contributed by atoms with Crippen LogP contribution < -0.4 is 19.7 Å². The molecule has 1 aliphatic rings. The molecule has 1 aliphatic heterocycles. The maximum atomic E-state index is 12.8. The van der Waals surface area contributed by atoms with Crippen LogP contribution in [0.1, 0.15) is 52.5 Å². The molecule has 0 spiro atoms. The second kappa shape index (κ2) is 10.9. The van der Waals surface area contributed by atoms with E-state index in [4.69, 9.17) is 13.9 Å². The van der Waals surface area contributed by atoms with Crippen molar-refractivity contribution in [1.29, 1.82) is 0 Å². The molecule has 0 saturated carbocycles. The number of hydrogen-bond acceptors (Lipinski definition) is 6. The summed E-state index contributed by atoms with van der Waals surface area (Å²) in [5.41, 5.74) is 2.05. The predicted molar refractivity (Wildman–Crippen MR) is 130 cm³/mol. The zero-order chi connectivity index (χ0) is 24.8. The molecule has 8 heteroatoms. The van der Waals surface area contributed by atoms with Crippen LogP contribution in [-0.2, 0) is 17.8 Å². The Hall–Kier alpha value is -4.07. The summed E-state index contributed by atoms with van der Waals surface area (Å²) in [5.74, 6) is 0.936. The van der Waals surface area contributed by atoms with E-state index in [1.807, 2.05) is 31.2 Å². The molecule has 2 amide bonds. The molecule has 1 N–H and O–H groups in total. The topological polar surface area (TPSA) is 98.1 Å². The summed E-state index contributed by atoms with van der Waals surface area (Å²) in [4.78, 5) is 39.1. The Labute approximate surface area is 203 Å². The average molecular weight is 477 g/mol. The summed E-state index contributed by atoms with van der Waals surface area (Å²) in [5, 5.41) is 2.76. The second-order valence-corrected chi connectivity index (χ2v) is 8.18. The van der Waals surface area contributed by atoms with Crippen molar-refractivity contribution >= 4 is 23.3 Å². The van der Waals surface area contributed by atoms with E-state index in [0.29, 0.717) is 35.1 Å². The lowest BCUT2D eigenvalue weighted by Gasteiger charge is -2.29. The Morgan fingerprint density at radius 2 is 1.86 bits per heavy atom. The quantitative estimate of drug-likeness (QED) is 0.441. The van der Waals surface area contributed by atoms with E-state index in [9.17, 15) is 14.4 Å². The number of nitrogens with one attached hydrogen (secondary N) is 1. The van der Waals surface area contributed by atoms with Gasteiger partial charge in [0.15, 0.2) is 24.8 Å². The van der Waals surface area contributed by atoms with Crippen molar-refractivity contribution in [3.63, 3.8) is 0 Å². The maximum absolute atomic E-state index is 12.8. The average Bonchev–Trinajstić information content (AvgIpc) is 3.36. The molecule has 0 saturated heterocycles. The molecule has 1 aromatic heterocycles. The largest absolute Gasteiger partial charge is 0.485 e. The Morgan fingerprint density at radius 1 is 1.06 bits per heavy atom. The van der Waals surface area contributed by atoms with Crippen LogP contribution in [0.25, 0.3) is 0 Å². The summed E-state index contributed by atoms with van der Waals surface area (Å²) in [6.07, 6.45) is 1.74. The van der Waals surface area contributed by atoms with Crippen molar-refractivity contribution in [3.8, 4) is 11.5 Å². The first-order valence-corrected chi connectivity index (χ1v) is 11.7. The molecule has 0 radical (unpaired) electrons. The summed E-state index contributed by atoms with van der Waals surface area (Å²) < 4.78 is 16.9. The van der Waals surface area contributed by atoms with Gasteiger partial charge in [-0.25, -0.2) is 0 Å². The van der Waals surface area contributed by atoms with Gasteiger partial charge in [-0.15, -0.1) is 0 Å². The Balaban J connectivity index is 1.47. The number of nitrogens with zero attached hydrogens (tertiary/aromatic N) is 1. The molecule has 0 bridgehead atoms. The van der Waals surface area contributed by atoms with Gasteiger partial charge in [0.05, 0.1) is 12.2 Å². The highest BCUT2D eigenvalue weighted by atomic mass is 16.5. The highest BCUT2D eigenvalue weighted by Crippen LogP contribution is 2.34. The molecule has 8 nitrogen and oxygen atoms in total. The molecule has 0 aliphatic carbocycles. The number of ether oxygens (including phenoxy) is 2. The number of aryl methyl sites for hydroxylation is 1. The number of Topliss-reactive ketones (excluding diaryl/α,β-unsaturated/α-hetero) is 1. The maximum Gasteiger partial charge on any atom is 0.286 e. The molecule has 2 aromatic carbocycles. The minimum absolute atomic E-state index is 0.105. The molecule has 4 rings (SSSR count). The number of rotatable bonds is 10. The van der Waals surface area contributed by atoms with Gasteiger partial charge < -0.3 is 19.2 Å². The number of hydrogen-bond donors (Lipinski definition) is 1. The number of furan rings is 1. The highest BCUT2D eigenvalue weighted by Gasteiger charge is 2.28. The third kappa shape index (κ3) is 5.71. The van der Waals surface area contributed by atoms with Gasteiger partial charge in [0.2, 0.25) is 0 Å². The monoisotopic (exact) mass is 476 g/mol. The van der Waals surface area contributed by atoms with Crippen LogP contribution in [0.2, 0.25) is 0 Å². The van der Waals surface area contributed by atoms with Crippen LogP contribution in [0, 0.1) is 0 Å². The van der Waals surface area contributed by atoms with Gasteiger partial charge in [0.25, 0.3) is 11.8 Å². The third-order valence-electron chi connectivity index (χ3n) is 5.66. The molecular weight excluding hydrogens is 448 g/mol. The minimum Gasteiger partial charge on any atom is -0.485 e. The van der Waals surface area contributed by atoms with Crippen LogP contribution in [0.15, 0.2) is 59.0 Å². The van der Waals surface area contributed by atoms with E-state index >= 15 is 0 Å². The van der Waals surface area contributed by atoms with E-state index in [1.54, 1.807) is 30.3 Å². The first-order chi connectivity index (χ1) is 17.0. The Bertz CT molecular complexity index is 1210. The van der Waals surface area contributed by atoms with Crippen LogP contribution in [-0.4, -0.2) is 37.4 Å². The Kier molecular flexibility index (Phi) is 7.50. The molecular formula is C27H28N2O6. The molecule has 0 atom stereocenters. The second-order valence-electron chi connectivity index (χ2n) is 8.18. The molecule has 2 heterocycles. The Morgan fingerprint density at radius 3 is 2.60 bits per heavy atom. The molecule has 0 fully saturated rings. The number of amides is 2. The number of ketones is 1. The fraction of sp³-hybridized carbons (Fsp3) is 0.296. The molecule has 182 valence electrons. The van der Waals surface area contributed by atoms with E-state index in [2.05, 4.69) is 12.2 Å². The zero-order valence-corrected chi connectivity index (χ0v) is 19.8. The lowest BCUT2D eigenvalue weighted by molar-refractivity contribution is -0.121. The van der Waals surface area contributed by atoms with Crippen molar-refractivity contribution in [1.82, 2.24) is 5.32 Å². The van der Waals surface area contributed by atoms with Crippen LogP contribution in [0.4, 0.5) is 5.69 Å². The van der Waals surface area contributed by atoms with Crippen LogP contribution in [0.5, 0.6) is 11.5 Å². The standard InChI is InChI=1S/C27H28N2O6/c1-3-13-28-27(32)25-12-10-21(35-25)15-29-22-14-19(7-11-24(22)34-17-26(29)31)23(30)16-33-20-8-5-18(4-2)6-9-20/h5-12,14H,3-4,13,15-17H2,1-2H3,(H,28,32). The molecule has 35 heavy (non-hydrogen) atoms. The lowest BCUT2D eigenvalue weighted by Crippen LogP contribution is -2.38. The number of carbonyl (C=O) groups is 3. The minimum atomic E-state index is -0.302. The first kappa shape index (κ1) is 24.1. The van der Waals surface area contributed by atoms with E-state index < -0.39 is 0 Å². The van der Waals surface area contributed by atoms with E-state index in [0.717, 1.165) is 12.8 Å². The van der Waals surface area contributed by atoms with Gasteiger partial charge in [-0.3, -0.25) is 19.3 Å². The normalized spacial score (nSPS) is 12.6. The van der Waals surface area contributed by atoms with Crippen molar-refractivity contribution < 1.29 is 28.3 Å². The van der Waals surface area contributed by atoms with Gasteiger partial charge in [-0.05, 0) is 60.9 Å². The van der Waals surface area contributed by atoms with Gasteiger partial charge in [0, 0.05) is 12.1 Å². The predicted octanol–water partition coefficient (Wildman–Crippen LogP) is 4.17. The smallest absolute Gasteiger partial charge is 0.286 e. The fourth-order valence-corrected chi connectivity index (χ4v) is 3.67. The van der Waals surface area contributed by atoms with Crippen molar-refractivity contribution in [2.45, 2.75) is 33.2 Å². The fourth-order valence-electron chi connectivity index (χ4n) is 3.67. The lowest BCUT2D eigenvalue weighted by atomic mass is 10.1. The van der Waals surface area contributed by atoms with Gasteiger partial charge >= 0.3 is 0 Å². The zero-order valence-electron chi connectivity index (χ0n) is 19.8. The molecule has 3 aromatic rings. The summed E-state index contributed by atoms with van der Waals surface area (Å²) in [7, 11) is 0. The summed E-state index contributed by atoms with van der Waals surface area (Å²) in [6, 6.07) is 15.8. The van der Waals surface area contributed by atoms with Gasteiger partial charge in [-0.1, -0.05) is 26.0 Å². The SMILES string of the molecule is CCCNC(=O)c1ccc(CN2C(=O)COc3ccc(C(=O)COc4ccc(CC)cc4)cc32)o1. The van der Waals surface area contributed by atoms with Crippen molar-refractivity contribution in [2.24, 2.45) is 0 Å². The number of carbonyl (C=O) groups excluding carboxylic acids is 3. The van der Waals surface area contributed by atoms with Crippen molar-refractivity contribution in [3.05, 3.63) is 77.2 Å². The van der Waals surface area contributed by atoms with Crippen molar-refractivity contribution in [2.75, 3.05) is 24.7 Å². The third-order valence-corrected chi connectivity index (χ3v) is 5.66. The van der Waals surface area contributed by atoms with Crippen LogP contribution >= 0.6 is 0 Å². The van der Waals surface area contributed by atoms with E-state index in [-0.39, 0.29) is 43.1 Å². The molecule has 0 unspecified atom stereocenters. The summed E-state index contributed by atoms with van der Waals surface area (Å²) >= 11 is 0. The number of fused-ring (bicyclic) bond motifs is 1. The van der Waals surface area contributed by atoms with Gasteiger partial charge in [0.1, 0.15) is 17.3 Å². The number of anilines is 1. The first-order valence-electron chi connectivity index (χ1n) is 11.7. The number of benzene rings is 2.